The second kappa shape index (κ2) is 8.92. The summed E-state index contributed by atoms with van der Waals surface area (Å²) < 4.78 is 26.5. The third kappa shape index (κ3) is 7.12. The lowest BCUT2D eigenvalue weighted by molar-refractivity contribution is -0.147. The third-order valence-corrected chi connectivity index (χ3v) is 6.17. The molecule has 1 aromatic carbocycles. The van der Waals surface area contributed by atoms with Crippen molar-refractivity contribution in [1.29, 1.82) is 0 Å². The third-order valence-electron chi connectivity index (χ3n) is 3.39. The summed E-state index contributed by atoms with van der Waals surface area (Å²) in [7, 11) is -3.51. The maximum absolute atomic E-state index is 12.0. The highest BCUT2D eigenvalue weighted by atomic mass is 35.5. The molecule has 0 atom stereocenters. The van der Waals surface area contributed by atoms with Gasteiger partial charge in [0, 0.05) is 5.02 Å². The molecule has 1 aromatic rings. The zero-order valence-electron chi connectivity index (χ0n) is 13.2. The van der Waals surface area contributed by atoms with Gasteiger partial charge in [-0.15, -0.1) is 11.8 Å². The first-order valence-electron chi connectivity index (χ1n) is 7.21. The van der Waals surface area contributed by atoms with Crippen molar-refractivity contribution in [2.24, 2.45) is 5.41 Å². The largest absolute Gasteiger partial charge is 0.481 e. The summed E-state index contributed by atoms with van der Waals surface area (Å²) in [6.45, 7) is 3.42. The summed E-state index contributed by atoms with van der Waals surface area (Å²) in [5.41, 5.74) is -0.708. The molecule has 0 spiro atoms. The van der Waals surface area contributed by atoms with Gasteiger partial charge in [-0.2, -0.15) is 0 Å². The van der Waals surface area contributed by atoms with Crippen LogP contribution in [0.1, 0.15) is 33.1 Å². The summed E-state index contributed by atoms with van der Waals surface area (Å²) in [5, 5.41) is 9.50. The van der Waals surface area contributed by atoms with E-state index >= 15 is 0 Å². The molecule has 0 aliphatic rings. The standard InChI is InChI=1S/C15H22ClNO4S2/c1-15(2,14(18)19)9-3-4-10-22-11-17-23(20,21)13-7-5-12(16)6-8-13/h5-8,17H,3-4,9-11H2,1-2H3,(H,18,19). The minimum atomic E-state index is -3.51. The van der Waals surface area contributed by atoms with Crippen LogP contribution in [0.2, 0.25) is 5.02 Å². The quantitative estimate of drug-likeness (QED) is 0.479. The van der Waals surface area contributed by atoms with Crippen LogP contribution in [0.25, 0.3) is 0 Å². The molecule has 0 aliphatic carbocycles. The monoisotopic (exact) mass is 379 g/mol. The zero-order valence-corrected chi connectivity index (χ0v) is 15.6. The van der Waals surface area contributed by atoms with Crippen molar-refractivity contribution in [2.75, 3.05) is 11.6 Å². The number of hydrogen-bond donors (Lipinski definition) is 2. The van der Waals surface area contributed by atoms with Crippen LogP contribution >= 0.6 is 23.4 Å². The van der Waals surface area contributed by atoms with Gasteiger partial charge in [-0.3, -0.25) is 4.79 Å². The number of halogens is 1. The highest BCUT2D eigenvalue weighted by Gasteiger charge is 2.25. The van der Waals surface area contributed by atoms with E-state index in [1.54, 1.807) is 13.8 Å². The molecule has 5 nitrogen and oxygen atoms in total. The smallest absolute Gasteiger partial charge is 0.309 e. The van der Waals surface area contributed by atoms with Crippen LogP contribution in [0.5, 0.6) is 0 Å². The molecule has 0 radical (unpaired) electrons. The fourth-order valence-corrected chi connectivity index (χ4v) is 4.06. The summed E-state index contributed by atoms with van der Waals surface area (Å²) in [5.74, 6) is 0.271. The van der Waals surface area contributed by atoms with E-state index in [0.29, 0.717) is 11.4 Å². The predicted octanol–water partition coefficient (Wildman–Crippen LogP) is 3.59. The van der Waals surface area contributed by atoms with Crippen molar-refractivity contribution >= 4 is 39.4 Å². The van der Waals surface area contributed by atoms with Gasteiger partial charge >= 0.3 is 5.97 Å². The van der Waals surface area contributed by atoms with Crippen molar-refractivity contribution in [3.8, 4) is 0 Å². The molecule has 0 amide bonds. The molecule has 0 fully saturated rings. The van der Waals surface area contributed by atoms with Crippen LogP contribution in [0.4, 0.5) is 0 Å². The molecule has 0 saturated carbocycles. The van der Waals surface area contributed by atoms with Crippen molar-refractivity contribution in [1.82, 2.24) is 4.72 Å². The Morgan fingerprint density at radius 2 is 1.87 bits per heavy atom. The molecule has 0 heterocycles. The van der Waals surface area contributed by atoms with E-state index in [0.717, 1.165) is 18.6 Å². The first-order chi connectivity index (χ1) is 10.6. The molecule has 0 bridgehead atoms. The Morgan fingerprint density at radius 1 is 1.26 bits per heavy atom. The minimum absolute atomic E-state index is 0.186. The average Bonchev–Trinajstić information content (AvgIpc) is 2.46. The number of carboxylic acids is 1. The van der Waals surface area contributed by atoms with Gasteiger partial charge in [0.15, 0.2) is 0 Å². The van der Waals surface area contributed by atoms with Crippen LogP contribution < -0.4 is 4.72 Å². The number of hydrogen-bond acceptors (Lipinski definition) is 4. The number of unbranched alkanes of at least 4 members (excludes halogenated alkanes) is 1. The van der Waals surface area contributed by atoms with Gasteiger partial charge in [-0.1, -0.05) is 18.0 Å². The van der Waals surface area contributed by atoms with E-state index in [2.05, 4.69) is 4.72 Å². The Kier molecular flexibility index (Phi) is 7.86. The van der Waals surface area contributed by atoms with E-state index in [-0.39, 0.29) is 10.8 Å². The SMILES string of the molecule is CC(C)(CCCCSCNS(=O)(=O)c1ccc(Cl)cc1)C(=O)O. The lowest BCUT2D eigenvalue weighted by Crippen LogP contribution is -2.24. The molecule has 0 unspecified atom stereocenters. The average molecular weight is 380 g/mol. The first kappa shape index (κ1) is 20.3. The number of aliphatic carboxylic acids is 1. The summed E-state index contributed by atoms with van der Waals surface area (Å²) >= 11 is 7.21. The topological polar surface area (TPSA) is 83.5 Å². The molecule has 0 aliphatic heterocycles. The van der Waals surface area contributed by atoms with Crippen molar-refractivity contribution < 1.29 is 18.3 Å². The first-order valence-corrected chi connectivity index (χ1v) is 10.2. The number of rotatable bonds is 10. The fourth-order valence-electron chi connectivity index (χ4n) is 1.77. The Labute approximate surface area is 146 Å². The zero-order chi connectivity index (χ0) is 17.5. The van der Waals surface area contributed by atoms with E-state index < -0.39 is 21.4 Å². The second-order valence-electron chi connectivity index (χ2n) is 5.80. The molecule has 1 rings (SSSR count). The van der Waals surface area contributed by atoms with Crippen molar-refractivity contribution in [2.45, 2.75) is 38.0 Å². The summed E-state index contributed by atoms with van der Waals surface area (Å²) in [6.07, 6.45) is 2.26. The minimum Gasteiger partial charge on any atom is -0.481 e. The van der Waals surface area contributed by atoms with Crippen molar-refractivity contribution in [3.63, 3.8) is 0 Å². The van der Waals surface area contributed by atoms with E-state index in [1.807, 2.05) is 0 Å². The van der Waals surface area contributed by atoms with E-state index in [9.17, 15) is 13.2 Å². The lowest BCUT2D eigenvalue weighted by atomic mass is 9.88. The number of carboxylic acid groups (broad SMARTS) is 1. The number of nitrogens with one attached hydrogen (secondary N) is 1. The van der Waals surface area contributed by atoms with Gasteiger partial charge in [0.2, 0.25) is 10.0 Å². The number of carbonyl (C=O) groups is 1. The normalized spacial score (nSPS) is 12.3. The molecule has 130 valence electrons. The Hall–Kier alpha value is -0.760. The molecule has 23 heavy (non-hydrogen) atoms. The van der Waals surface area contributed by atoms with Crippen LogP contribution in [0, 0.1) is 5.41 Å². The van der Waals surface area contributed by atoms with Gasteiger partial charge < -0.3 is 5.11 Å². The predicted molar refractivity (Wildman–Crippen MR) is 94.4 cm³/mol. The number of sulfonamides is 1. The van der Waals surface area contributed by atoms with Gasteiger partial charge in [-0.05, 0) is 56.7 Å². The molecule has 2 N–H and O–H groups in total. The maximum atomic E-state index is 12.0. The Morgan fingerprint density at radius 3 is 2.43 bits per heavy atom. The highest BCUT2D eigenvalue weighted by molar-refractivity contribution is 8.00. The fraction of sp³-hybridized carbons (Fsp3) is 0.533. The van der Waals surface area contributed by atoms with Crippen LogP contribution in [-0.4, -0.2) is 31.1 Å². The van der Waals surface area contributed by atoms with Crippen LogP contribution in [0.3, 0.4) is 0 Å². The molecule has 0 aromatic heterocycles. The van der Waals surface area contributed by atoms with Gasteiger partial charge in [-0.25, -0.2) is 13.1 Å². The molecular weight excluding hydrogens is 358 g/mol. The summed E-state index contributed by atoms with van der Waals surface area (Å²) in [6, 6.07) is 5.99. The lowest BCUT2D eigenvalue weighted by Gasteiger charge is -2.18. The van der Waals surface area contributed by atoms with E-state index in [1.165, 1.54) is 36.0 Å². The van der Waals surface area contributed by atoms with Crippen LogP contribution in [-0.2, 0) is 14.8 Å². The second-order valence-corrected chi connectivity index (χ2v) is 9.11. The number of thioether (sulfide) groups is 1. The Balaban J connectivity index is 2.25. The highest BCUT2D eigenvalue weighted by Crippen LogP contribution is 2.23. The number of benzene rings is 1. The summed E-state index contributed by atoms with van der Waals surface area (Å²) in [4.78, 5) is 11.1. The molecule has 8 heteroatoms. The van der Waals surface area contributed by atoms with Gasteiger partial charge in [0.25, 0.3) is 0 Å². The van der Waals surface area contributed by atoms with Crippen molar-refractivity contribution in [3.05, 3.63) is 29.3 Å². The maximum Gasteiger partial charge on any atom is 0.309 e. The molecular formula is C15H22ClNO4S2. The van der Waals surface area contributed by atoms with E-state index in [4.69, 9.17) is 16.7 Å². The Bertz CT molecular complexity index is 615. The molecule has 0 saturated heterocycles. The van der Waals surface area contributed by atoms with Crippen LogP contribution in [0.15, 0.2) is 29.2 Å². The van der Waals surface area contributed by atoms with Gasteiger partial charge in [0.1, 0.15) is 0 Å². The van der Waals surface area contributed by atoms with Gasteiger partial charge in [0.05, 0.1) is 16.2 Å².